The second kappa shape index (κ2) is 9.42. The fraction of sp³-hybridized carbons (Fsp3) is 0.273. The lowest BCUT2D eigenvalue weighted by Gasteiger charge is -2.16. The number of ether oxygens (including phenoxy) is 2. The van der Waals surface area contributed by atoms with Crippen molar-refractivity contribution in [1.29, 1.82) is 5.26 Å². The van der Waals surface area contributed by atoms with Crippen molar-refractivity contribution in [2.75, 3.05) is 11.9 Å². The maximum atomic E-state index is 12.8. The quantitative estimate of drug-likeness (QED) is 0.484. The number of pyridine rings is 1. The highest BCUT2D eigenvalue weighted by Gasteiger charge is 2.27. The second-order valence-electron chi connectivity index (χ2n) is 8.15. The summed E-state index contributed by atoms with van der Waals surface area (Å²) in [6.07, 6.45) is 3.01. The molecule has 14 heteroatoms. The third-order valence-electron chi connectivity index (χ3n) is 5.29. The molecule has 2 N–H and O–H groups in total. The van der Waals surface area contributed by atoms with Gasteiger partial charge in [0, 0.05) is 36.0 Å². The smallest absolute Gasteiger partial charge is 0.388 e. The van der Waals surface area contributed by atoms with E-state index in [9.17, 15) is 27.3 Å². The number of hydrogen-bond acceptors (Lipinski definition) is 8. The summed E-state index contributed by atoms with van der Waals surface area (Å²) in [5.74, 6) is 0.167. The van der Waals surface area contributed by atoms with Gasteiger partial charge in [0.25, 0.3) is 10.0 Å². The van der Waals surface area contributed by atoms with Crippen LogP contribution in [0.5, 0.6) is 11.6 Å². The maximum absolute atomic E-state index is 12.8. The Hall–Kier alpha value is -4.25. The van der Waals surface area contributed by atoms with Crippen molar-refractivity contribution in [3.8, 4) is 28.8 Å². The number of urea groups is 1. The topological polar surface area (TPSA) is 148 Å². The summed E-state index contributed by atoms with van der Waals surface area (Å²) in [5, 5.41) is 15.2. The first-order chi connectivity index (χ1) is 17.0. The zero-order valence-corrected chi connectivity index (χ0v) is 19.8. The Kier molecular flexibility index (Phi) is 6.51. The van der Waals surface area contributed by atoms with Gasteiger partial charge >= 0.3 is 12.6 Å². The van der Waals surface area contributed by atoms with Gasteiger partial charge in [-0.1, -0.05) is 0 Å². The van der Waals surface area contributed by atoms with Crippen molar-refractivity contribution in [3.63, 3.8) is 0 Å². The van der Waals surface area contributed by atoms with E-state index in [1.165, 1.54) is 29.2 Å². The van der Waals surface area contributed by atoms with E-state index in [-0.39, 0.29) is 11.6 Å². The molecule has 188 valence electrons. The van der Waals surface area contributed by atoms with Crippen LogP contribution in [0.15, 0.2) is 47.8 Å². The minimum Gasteiger partial charge on any atom is -0.493 e. The highest BCUT2D eigenvalue weighted by Crippen LogP contribution is 2.40. The SMILES string of the molecule is CC(C)(C#N)n1ccc(S(=O)(=O)NC(=O)Nc2c(-c3ccnc(OC(F)F)c3)ccc3c2CCO3)n1. The fourth-order valence-corrected chi connectivity index (χ4v) is 4.35. The van der Waals surface area contributed by atoms with Crippen LogP contribution in [0.4, 0.5) is 19.3 Å². The van der Waals surface area contributed by atoms with E-state index in [1.54, 1.807) is 26.0 Å². The summed E-state index contributed by atoms with van der Waals surface area (Å²) < 4.78 is 63.8. The molecule has 0 spiro atoms. The zero-order chi connectivity index (χ0) is 26.1. The first-order valence-electron chi connectivity index (χ1n) is 10.5. The summed E-state index contributed by atoms with van der Waals surface area (Å²) in [6, 6.07) is 8.14. The molecular formula is C22H20F2N6O5S. The van der Waals surface area contributed by atoms with Gasteiger partial charge in [-0.25, -0.2) is 14.5 Å². The summed E-state index contributed by atoms with van der Waals surface area (Å²) in [6.45, 7) is 0.368. The van der Waals surface area contributed by atoms with Crippen molar-refractivity contribution in [2.24, 2.45) is 0 Å². The highest BCUT2D eigenvalue weighted by atomic mass is 32.2. The largest absolute Gasteiger partial charge is 0.493 e. The van der Waals surface area contributed by atoms with Gasteiger partial charge in [-0.15, -0.1) is 0 Å². The molecule has 3 aromatic rings. The van der Waals surface area contributed by atoms with E-state index in [0.717, 1.165) is 6.07 Å². The highest BCUT2D eigenvalue weighted by molar-refractivity contribution is 7.90. The van der Waals surface area contributed by atoms with Crippen LogP contribution in [0.25, 0.3) is 11.1 Å². The number of rotatable bonds is 7. The van der Waals surface area contributed by atoms with Crippen molar-refractivity contribution in [1.82, 2.24) is 19.5 Å². The molecule has 11 nitrogen and oxygen atoms in total. The number of aromatic nitrogens is 3. The molecule has 1 aliphatic heterocycles. The van der Waals surface area contributed by atoms with Crippen molar-refractivity contribution in [2.45, 2.75) is 37.4 Å². The number of carbonyl (C=O) groups excluding carboxylic acids is 1. The number of hydrogen-bond donors (Lipinski definition) is 2. The lowest BCUT2D eigenvalue weighted by Crippen LogP contribution is -2.35. The van der Waals surface area contributed by atoms with E-state index in [2.05, 4.69) is 20.1 Å². The number of nitrogens with one attached hydrogen (secondary N) is 2. The van der Waals surface area contributed by atoms with Gasteiger partial charge in [0.15, 0.2) is 5.03 Å². The predicted molar refractivity (Wildman–Crippen MR) is 122 cm³/mol. The Morgan fingerprint density at radius 2 is 2.08 bits per heavy atom. The molecule has 2 aromatic heterocycles. The normalized spacial score (nSPS) is 13.0. The molecule has 0 aliphatic carbocycles. The lowest BCUT2D eigenvalue weighted by molar-refractivity contribution is -0.0528. The zero-order valence-electron chi connectivity index (χ0n) is 19.0. The van der Waals surface area contributed by atoms with Crippen LogP contribution in [0.3, 0.4) is 0 Å². The number of alkyl halides is 2. The molecule has 0 saturated heterocycles. The number of carbonyl (C=O) groups is 1. The number of nitriles is 1. The van der Waals surface area contributed by atoms with Crippen LogP contribution in [-0.4, -0.2) is 42.4 Å². The minimum absolute atomic E-state index is 0.239. The Morgan fingerprint density at radius 3 is 2.81 bits per heavy atom. The second-order valence-corrected chi connectivity index (χ2v) is 9.78. The molecule has 0 saturated carbocycles. The number of sulfonamides is 1. The maximum Gasteiger partial charge on any atom is 0.388 e. The number of nitrogens with zero attached hydrogens (tertiary/aromatic N) is 4. The Bertz CT molecular complexity index is 1470. The molecule has 0 radical (unpaired) electrons. The average Bonchev–Trinajstić information content (AvgIpc) is 3.49. The third-order valence-corrected chi connectivity index (χ3v) is 6.51. The van der Waals surface area contributed by atoms with Gasteiger partial charge in [-0.05, 0) is 43.7 Å². The summed E-state index contributed by atoms with van der Waals surface area (Å²) in [4.78, 5) is 16.5. The molecule has 2 amide bonds. The van der Waals surface area contributed by atoms with Gasteiger partial charge in [-0.2, -0.15) is 27.6 Å². The molecule has 0 unspecified atom stereocenters. The molecular weight excluding hydrogens is 498 g/mol. The first kappa shape index (κ1) is 24.9. The van der Waals surface area contributed by atoms with Gasteiger partial charge < -0.3 is 14.8 Å². The monoisotopic (exact) mass is 518 g/mol. The third kappa shape index (κ3) is 5.05. The number of benzene rings is 1. The molecule has 4 rings (SSSR count). The Balaban J connectivity index is 1.63. The van der Waals surface area contributed by atoms with Crippen LogP contribution in [-0.2, 0) is 22.0 Å². The molecule has 0 atom stereocenters. The van der Waals surface area contributed by atoms with Crippen LogP contribution >= 0.6 is 0 Å². The number of halogens is 2. The van der Waals surface area contributed by atoms with Crippen LogP contribution in [0, 0.1) is 11.3 Å². The van der Waals surface area contributed by atoms with Gasteiger partial charge in [0.05, 0.1) is 18.4 Å². The standard InChI is InChI=1S/C22H20F2N6O5S/c1-22(2,12-25)30-9-6-18(28-30)36(32,33)29-21(31)27-19-14(3-4-16-15(19)7-10-34-16)13-5-8-26-17(11-13)35-20(23)24/h3-6,8-9,11,20H,7,10H2,1-2H3,(H2,27,29,31). The molecule has 0 bridgehead atoms. The Labute approximate surface area is 204 Å². The molecule has 1 aliphatic rings. The van der Waals surface area contributed by atoms with Crippen LogP contribution < -0.4 is 19.5 Å². The van der Waals surface area contributed by atoms with E-state index < -0.39 is 33.2 Å². The van der Waals surface area contributed by atoms with Gasteiger partial charge in [0.2, 0.25) is 5.88 Å². The number of fused-ring (bicyclic) bond motifs is 1. The van der Waals surface area contributed by atoms with E-state index in [4.69, 9.17) is 4.74 Å². The summed E-state index contributed by atoms with van der Waals surface area (Å²) in [5.41, 5.74) is 0.545. The van der Waals surface area contributed by atoms with E-state index >= 15 is 0 Å². The van der Waals surface area contributed by atoms with Crippen LogP contribution in [0.1, 0.15) is 19.4 Å². The van der Waals surface area contributed by atoms with Crippen molar-refractivity contribution >= 4 is 21.7 Å². The van der Waals surface area contributed by atoms with E-state index in [1.807, 2.05) is 10.8 Å². The molecule has 1 aromatic carbocycles. The average molecular weight is 519 g/mol. The van der Waals surface area contributed by atoms with Crippen molar-refractivity contribution < 1.29 is 31.5 Å². The molecule has 0 fully saturated rings. The predicted octanol–water partition coefficient (Wildman–Crippen LogP) is 3.25. The fourth-order valence-electron chi connectivity index (χ4n) is 3.52. The van der Waals surface area contributed by atoms with Gasteiger partial charge in [0.1, 0.15) is 11.3 Å². The van der Waals surface area contributed by atoms with Crippen molar-refractivity contribution in [3.05, 3.63) is 48.3 Å². The molecule has 36 heavy (non-hydrogen) atoms. The lowest BCUT2D eigenvalue weighted by atomic mass is 9.99. The summed E-state index contributed by atoms with van der Waals surface area (Å²) in [7, 11) is -4.39. The number of anilines is 1. The van der Waals surface area contributed by atoms with Crippen LogP contribution in [0.2, 0.25) is 0 Å². The first-order valence-corrected chi connectivity index (χ1v) is 12.0. The van der Waals surface area contributed by atoms with E-state index in [0.29, 0.717) is 35.5 Å². The summed E-state index contributed by atoms with van der Waals surface area (Å²) >= 11 is 0. The minimum atomic E-state index is -4.39. The van der Waals surface area contributed by atoms with Gasteiger partial charge in [-0.3, -0.25) is 4.68 Å². The number of amides is 2. The Morgan fingerprint density at radius 1 is 1.31 bits per heavy atom. The molecule has 3 heterocycles.